The zero-order valence-electron chi connectivity index (χ0n) is 21.9. The summed E-state index contributed by atoms with van der Waals surface area (Å²) in [5.74, 6) is 1.15. The van der Waals surface area contributed by atoms with E-state index >= 15 is 0 Å². The Balaban J connectivity index is 1.46. The summed E-state index contributed by atoms with van der Waals surface area (Å²) in [4.78, 5) is 25.3. The highest BCUT2D eigenvalue weighted by Crippen LogP contribution is 2.38. The van der Waals surface area contributed by atoms with Gasteiger partial charge in [-0.05, 0) is 85.4 Å². The van der Waals surface area contributed by atoms with Crippen molar-refractivity contribution in [2.45, 2.75) is 6.92 Å². The second-order valence-corrected chi connectivity index (χ2v) is 10.1. The van der Waals surface area contributed by atoms with Gasteiger partial charge in [-0.15, -0.1) is 0 Å². The quantitative estimate of drug-likeness (QED) is 0.214. The number of para-hydroxylation sites is 2. The molecule has 3 aromatic carbocycles. The number of hydrogen-bond acceptors (Lipinski definition) is 6. The minimum Gasteiger partial charge on any atom is -0.497 e. The number of carbonyl (C=O) groups is 1. The van der Waals surface area contributed by atoms with Crippen LogP contribution >= 0.6 is 11.8 Å². The molecule has 1 fully saturated rings. The Morgan fingerprint density at radius 1 is 0.850 bits per heavy atom. The number of benzene rings is 3. The van der Waals surface area contributed by atoms with E-state index < -0.39 is 0 Å². The first-order valence-corrected chi connectivity index (χ1v) is 13.5. The maximum absolute atomic E-state index is 13.9. The topological polar surface area (TPSA) is 72.6 Å². The van der Waals surface area contributed by atoms with Gasteiger partial charge >= 0.3 is 0 Å². The molecule has 1 aliphatic rings. The predicted octanol–water partition coefficient (Wildman–Crippen LogP) is 7.06. The van der Waals surface area contributed by atoms with E-state index in [0.29, 0.717) is 15.9 Å². The molecule has 7 nitrogen and oxygen atoms in total. The van der Waals surface area contributed by atoms with E-state index in [0.717, 1.165) is 39.6 Å². The molecule has 8 heteroatoms. The van der Waals surface area contributed by atoms with Crippen LogP contribution in [-0.4, -0.2) is 32.9 Å². The maximum Gasteiger partial charge on any atom is 0.271 e. The van der Waals surface area contributed by atoms with Crippen LogP contribution in [0.5, 0.6) is 5.75 Å². The molecule has 0 saturated carbocycles. The zero-order chi connectivity index (χ0) is 27.5. The fraction of sp³-hybridized carbons (Fsp3) is 0.0625. The molecule has 0 aliphatic carbocycles. The van der Waals surface area contributed by atoms with Crippen molar-refractivity contribution in [3.8, 4) is 22.7 Å². The van der Waals surface area contributed by atoms with Gasteiger partial charge < -0.3 is 4.74 Å². The highest BCUT2D eigenvalue weighted by molar-refractivity contribution is 8.19. The third-order valence-corrected chi connectivity index (χ3v) is 7.29. The number of thioether (sulfide) groups is 1. The maximum atomic E-state index is 13.9. The molecule has 0 atom stereocenters. The molecule has 6 rings (SSSR count). The summed E-state index contributed by atoms with van der Waals surface area (Å²) < 4.78 is 7.17. The fourth-order valence-corrected chi connectivity index (χ4v) is 5.34. The van der Waals surface area contributed by atoms with Crippen molar-refractivity contribution in [2.75, 3.05) is 12.0 Å². The summed E-state index contributed by atoms with van der Waals surface area (Å²) in [5.41, 5.74) is 5.00. The lowest BCUT2D eigenvalue weighted by Gasteiger charge is -2.15. The van der Waals surface area contributed by atoms with Crippen molar-refractivity contribution in [2.24, 2.45) is 4.99 Å². The number of carbonyl (C=O) groups excluding carboxylic acids is 1. The van der Waals surface area contributed by atoms with E-state index in [1.165, 1.54) is 11.8 Å². The zero-order valence-corrected chi connectivity index (χ0v) is 22.7. The molecular weight excluding hydrogens is 518 g/mol. The Bertz CT molecular complexity index is 1730. The molecule has 5 aromatic rings. The Kier molecular flexibility index (Phi) is 6.99. The number of pyridine rings is 1. The van der Waals surface area contributed by atoms with E-state index in [2.05, 4.69) is 4.98 Å². The van der Waals surface area contributed by atoms with E-state index in [1.54, 1.807) is 12.0 Å². The number of aliphatic imine (C=N–C) groups is 1. The molecule has 2 aromatic heterocycles. The summed E-state index contributed by atoms with van der Waals surface area (Å²) in [6, 6.07) is 32.8. The molecule has 1 aliphatic heterocycles. The van der Waals surface area contributed by atoms with Gasteiger partial charge in [-0.2, -0.15) is 5.10 Å². The molecule has 3 heterocycles. The van der Waals surface area contributed by atoms with Crippen LogP contribution in [0.1, 0.15) is 11.3 Å². The SMILES string of the molecule is COc1ccc(-c2nn(-c3ccccc3)cc2/C=C2\S/C(=N/c3cccc(C)n3)N(c3ccccc3)C2=O)cc1. The van der Waals surface area contributed by atoms with Crippen molar-refractivity contribution in [3.63, 3.8) is 0 Å². The normalized spacial score (nSPS) is 15.2. The van der Waals surface area contributed by atoms with E-state index in [4.69, 9.17) is 14.8 Å². The standard InChI is InChI=1S/C32H25N5O2S/c1-22-10-9-15-29(33-22)34-32-37(26-13-7-4-8-14-26)31(38)28(40-32)20-24-21-36(25-11-5-3-6-12-25)35-30(24)23-16-18-27(39-2)19-17-23/h3-21H,1-2H3/b28-20-,34-32+. The van der Waals surface area contributed by atoms with Crippen LogP contribution in [0.3, 0.4) is 0 Å². The van der Waals surface area contributed by atoms with Crippen LogP contribution in [-0.2, 0) is 4.79 Å². The Hall–Kier alpha value is -4.95. The lowest BCUT2D eigenvalue weighted by Crippen LogP contribution is -2.28. The molecule has 0 unspecified atom stereocenters. The lowest BCUT2D eigenvalue weighted by atomic mass is 10.1. The first kappa shape index (κ1) is 25.3. The minimum absolute atomic E-state index is 0.157. The van der Waals surface area contributed by atoms with Gasteiger partial charge in [0, 0.05) is 23.0 Å². The van der Waals surface area contributed by atoms with Gasteiger partial charge in [-0.25, -0.2) is 14.7 Å². The van der Waals surface area contributed by atoms with E-state index in [9.17, 15) is 4.79 Å². The molecule has 40 heavy (non-hydrogen) atoms. The van der Waals surface area contributed by atoms with Crippen molar-refractivity contribution in [1.82, 2.24) is 14.8 Å². The molecule has 1 amide bonds. The van der Waals surface area contributed by atoms with Gasteiger partial charge in [-0.1, -0.05) is 42.5 Å². The molecule has 0 bridgehead atoms. The lowest BCUT2D eigenvalue weighted by molar-refractivity contribution is -0.113. The van der Waals surface area contributed by atoms with Crippen LogP contribution in [0.15, 0.2) is 119 Å². The molecule has 1 saturated heterocycles. The number of aryl methyl sites for hydroxylation is 1. The highest BCUT2D eigenvalue weighted by atomic mass is 32.2. The van der Waals surface area contributed by atoms with Gasteiger partial charge in [0.25, 0.3) is 5.91 Å². The van der Waals surface area contributed by atoms with Crippen LogP contribution < -0.4 is 9.64 Å². The van der Waals surface area contributed by atoms with Crippen LogP contribution in [0.25, 0.3) is 23.0 Å². The average Bonchev–Trinajstić information content (AvgIpc) is 3.54. The third kappa shape index (κ3) is 5.17. The number of aromatic nitrogens is 3. The Morgan fingerprint density at radius 3 is 2.23 bits per heavy atom. The van der Waals surface area contributed by atoms with Crippen LogP contribution in [0.2, 0.25) is 0 Å². The average molecular weight is 544 g/mol. The van der Waals surface area contributed by atoms with Crippen LogP contribution in [0.4, 0.5) is 11.5 Å². The largest absolute Gasteiger partial charge is 0.497 e. The van der Waals surface area contributed by atoms with E-state index in [-0.39, 0.29) is 5.91 Å². The minimum atomic E-state index is -0.157. The molecule has 0 radical (unpaired) electrons. The number of hydrogen-bond donors (Lipinski definition) is 0. The molecule has 0 N–H and O–H groups in total. The van der Waals surface area contributed by atoms with Gasteiger partial charge in [0.15, 0.2) is 11.0 Å². The third-order valence-electron chi connectivity index (χ3n) is 6.32. The second kappa shape index (κ2) is 11.0. The second-order valence-electron chi connectivity index (χ2n) is 9.06. The first-order valence-electron chi connectivity index (χ1n) is 12.7. The van der Waals surface area contributed by atoms with Gasteiger partial charge in [0.05, 0.1) is 29.1 Å². The smallest absolute Gasteiger partial charge is 0.271 e. The summed E-state index contributed by atoms with van der Waals surface area (Å²) in [6.45, 7) is 1.92. The van der Waals surface area contributed by atoms with Gasteiger partial charge in [0.2, 0.25) is 0 Å². The highest BCUT2D eigenvalue weighted by Gasteiger charge is 2.35. The van der Waals surface area contributed by atoms with Crippen molar-refractivity contribution < 1.29 is 9.53 Å². The molecular formula is C32H25N5O2S. The van der Waals surface area contributed by atoms with Gasteiger partial charge in [-0.3, -0.25) is 9.69 Å². The fourth-order valence-electron chi connectivity index (χ4n) is 4.36. The van der Waals surface area contributed by atoms with E-state index in [1.807, 2.05) is 127 Å². The Morgan fingerprint density at radius 2 is 1.55 bits per heavy atom. The monoisotopic (exact) mass is 543 g/mol. The number of nitrogens with zero attached hydrogens (tertiary/aromatic N) is 5. The predicted molar refractivity (Wildman–Crippen MR) is 161 cm³/mol. The van der Waals surface area contributed by atoms with Gasteiger partial charge in [0.1, 0.15) is 5.75 Å². The Labute approximate surface area is 236 Å². The van der Waals surface area contributed by atoms with Crippen molar-refractivity contribution >= 4 is 40.4 Å². The number of anilines is 1. The number of amidine groups is 1. The van der Waals surface area contributed by atoms with Crippen molar-refractivity contribution in [1.29, 1.82) is 0 Å². The first-order chi connectivity index (χ1) is 19.6. The summed E-state index contributed by atoms with van der Waals surface area (Å²) in [6.07, 6.45) is 3.83. The number of methoxy groups -OCH3 is 1. The summed E-state index contributed by atoms with van der Waals surface area (Å²) >= 11 is 1.32. The van der Waals surface area contributed by atoms with Crippen LogP contribution in [0, 0.1) is 6.92 Å². The molecule has 196 valence electrons. The summed E-state index contributed by atoms with van der Waals surface area (Å²) in [5, 5.41) is 5.45. The number of amides is 1. The van der Waals surface area contributed by atoms with Crippen molar-refractivity contribution in [3.05, 3.63) is 125 Å². The number of rotatable bonds is 6. The summed E-state index contributed by atoms with van der Waals surface area (Å²) in [7, 11) is 1.64. The number of ether oxygens (including phenoxy) is 1. The molecule has 0 spiro atoms.